The van der Waals surface area contributed by atoms with E-state index in [1.54, 1.807) is 47.8 Å². The zero-order valence-electron chi connectivity index (χ0n) is 29.6. The number of hydrogen-bond acceptors (Lipinski definition) is 11. The molecule has 2 bridgehead atoms. The molecule has 4 aliphatic rings. The lowest BCUT2D eigenvalue weighted by molar-refractivity contribution is -0.0390. The van der Waals surface area contributed by atoms with E-state index in [9.17, 15) is 4.79 Å². The third-order valence-corrected chi connectivity index (χ3v) is 16.0. The van der Waals surface area contributed by atoms with Crippen LogP contribution < -0.4 is 20.1 Å². The van der Waals surface area contributed by atoms with Crippen molar-refractivity contribution in [2.45, 2.75) is 48.6 Å². The number of rotatable bonds is 14. The Morgan fingerprint density at radius 3 is 2.50 bits per heavy atom. The molecule has 0 saturated carbocycles. The Hall–Kier alpha value is -3.59. The van der Waals surface area contributed by atoms with Gasteiger partial charge in [-0.15, -0.1) is 18.3 Å². The Kier molecular flexibility index (Phi) is 11.4. The summed E-state index contributed by atoms with van der Waals surface area (Å²) < 4.78 is 35.6. The maximum absolute atomic E-state index is 14.1. The molecule has 2 N–H and O–H groups in total. The Morgan fingerprint density at radius 1 is 1.08 bits per heavy atom. The normalized spacial score (nSPS) is 24.0. The predicted octanol–water partition coefficient (Wildman–Crippen LogP) is 6.83. The fraction of sp³-hybridized carbons (Fsp3) is 0.459. The Bertz CT molecular complexity index is 1710. The van der Waals surface area contributed by atoms with Crippen molar-refractivity contribution in [1.29, 1.82) is 0 Å². The van der Waals surface area contributed by atoms with Crippen LogP contribution in [0, 0.1) is 11.8 Å². The van der Waals surface area contributed by atoms with E-state index < -0.39 is 21.0 Å². The summed E-state index contributed by atoms with van der Waals surface area (Å²) in [6.07, 6.45) is 7.42. The minimum absolute atomic E-state index is 0.0254. The Morgan fingerprint density at radius 2 is 1.82 bits per heavy atom. The molecule has 0 radical (unpaired) electrons. The number of ether oxygens (including phenoxy) is 3. The van der Waals surface area contributed by atoms with Crippen LogP contribution in [0.3, 0.4) is 0 Å². The molecule has 3 aromatic rings. The number of nitrogens with one attached hydrogen (secondary N) is 2. The van der Waals surface area contributed by atoms with Crippen LogP contribution >= 0.6 is 11.8 Å². The lowest BCUT2D eigenvalue weighted by Gasteiger charge is -2.56. The lowest BCUT2D eigenvalue weighted by Crippen LogP contribution is -2.62. The maximum atomic E-state index is 14.1. The van der Waals surface area contributed by atoms with Crippen molar-refractivity contribution in [1.82, 2.24) is 9.88 Å². The van der Waals surface area contributed by atoms with E-state index in [0.717, 1.165) is 59.3 Å². The third-order valence-electron chi connectivity index (χ3n) is 10.3. The van der Waals surface area contributed by atoms with Crippen molar-refractivity contribution in [3.63, 3.8) is 0 Å². The number of fused-ring (bicyclic) bond motifs is 5. The van der Waals surface area contributed by atoms with Crippen molar-refractivity contribution < 1.29 is 32.3 Å². The van der Waals surface area contributed by atoms with E-state index >= 15 is 0 Å². The van der Waals surface area contributed by atoms with Crippen molar-refractivity contribution in [2.75, 3.05) is 59.3 Å². The van der Waals surface area contributed by atoms with Crippen molar-refractivity contribution >= 4 is 54.5 Å². The molecule has 3 saturated heterocycles. The first kappa shape index (κ1) is 36.2. The number of hydrogen-bond donors (Lipinski definition) is 2. The quantitative estimate of drug-likeness (QED) is 0.135. The van der Waals surface area contributed by atoms with Gasteiger partial charge in [0.05, 0.1) is 41.7 Å². The summed E-state index contributed by atoms with van der Waals surface area (Å²) in [6.45, 7) is 7.76. The molecule has 0 aliphatic carbocycles. The number of benzene rings is 2. The van der Waals surface area contributed by atoms with Crippen molar-refractivity contribution in [3.8, 4) is 11.5 Å². The Balaban J connectivity index is 1.37. The van der Waals surface area contributed by atoms with Crippen LogP contribution in [-0.2, 0) is 18.0 Å². The predicted molar refractivity (Wildman–Crippen MR) is 201 cm³/mol. The second kappa shape index (κ2) is 15.7. The number of aromatic nitrogens is 1. The number of carbonyl (C=O) groups is 1. The molecule has 4 aliphatic heterocycles. The highest BCUT2D eigenvalue weighted by atomic mass is 32.2. The van der Waals surface area contributed by atoms with Crippen LogP contribution in [-0.4, -0.2) is 95.8 Å². The van der Waals surface area contributed by atoms with Gasteiger partial charge in [-0.05, 0) is 73.6 Å². The molecule has 7 rings (SSSR count). The first-order chi connectivity index (χ1) is 24.3. The molecule has 1 aromatic heterocycles. The molecule has 1 amide bonds. The highest BCUT2D eigenvalue weighted by Gasteiger charge is 2.53. The van der Waals surface area contributed by atoms with Crippen LogP contribution in [0.1, 0.15) is 31.7 Å². The van der Waals surface area contributed by atoms with Crippen LogP contribution in [0.15, 0.2) is 67.4 Å². The summed E-state index contributed by atoms with van der Waals surface area (Å²) in [5, 5.41) is 7.41. The number of thioether (sulfide) groups is 1. The monoisotopic (exact) mass is 720 g/mol. The number of methoxy groups -OCH3 is 2. The van der Waals surface area contributed by atoms with E-state index in [4.69, 9.17) is 27.5 Å². The van der Waals surface area contributed by atoms with Crippen molar-refractivity contribution in [3.05, 3.63) is 73.0 Å². The van der Waals surface area contributed by atoms with Gasteiger partial charge in [0.25, 0.3) is 0 Å². The zero-order chi connectivity index (χ0) is 35.4. The molecule has 11 nitrogen and oxygen atoms in total. The van der Waals surface area contributed by atoms with Gasteiger partial charge in [-0.2, -0.15) is 0 Å². The molecule has 50 heavy (non-hydrogen) atoms. The Labute approximate surface area is 300 Å². The molecule has 268 valence electrons. The summed E-state index contributed by atoms with van der Waals surface area (Å²) in [4.78, 5) is 21.1. The molecule has 4 unspecified atom stereocenters. The molecule has 3 fully saturated rings. The number of nitrogens with zero attached hydrogens (tertiary/aromatic N) is 2. The standard InChI is InChI=1S/C37H48N4O7SSi/c1-8-23-22-41-33(18-24(23)19-34(41)49-35(9-2)50(45-5,46-6)47-7)36(27-14-16-38-30-12-10-25(43-3)20-28(27)30)48-37(42)40-32-15-17-39-31-13-11-26(44-4)21-29(31)32/h8,10-15,17,20-21,23-24,33-36,38H,1,9,16,18-19,22H2,2-7H3,(H,39,40,42)/t23-,24?,33-,34?,35?,36+/m0/s1. The molecular formula is C37H48N4O7SSi. The molecule has 5 heterocycles. The van der Waals surface area contributed by atoms with Crippen LogP contribution in [0.2, 0.25) is 0 Å². The first-order valence-electron chi connectivity index (χ1n) is 17.0. The van der Waals surface area contributed by atoms with Crippen molar-refractivity contribution in [2.24, 2.45) is 11.8 Å². The lowest BCUT2D eigenvalue weighted by atomic mass is 9.72. The van der Waals surface area contributed by atoms with Gasteiger partial charge < -0.3 is 32.8 Å². The average Bonchev–Trinajstić information content (AvgIpc) is 3.16. The first-order valence-corrected chi connectivity index (χ1v) is 19.8. The number of piperidine rings is 3. The minimum atomic E-state index is -2.95. The summed E-state index contributed by atoms with van der Waals surface area (Å²) in [5.41, 5.74) is 4.21. The van der Waals surface area contributed by atoms with Gasteiger partial charge in [-0.3, -0.25) is 15.2 Å². The summed E-state index contributed by atoms with van der Waals surface area (Å²) in [6, 6.07) is 13.2. The van der Waals surface area contributed by atoms with E-state index in [0.29, 0.717) is 29.8 Å². The fourth-order valence-electron chi connectivity index (χ4n) is 7.77. The van der Waals surface area contributed by atoms with Gasteiger partial charge in [0, 0.05) is 62.8 Å². The molecule has 13 heteroatoms. The van der Waals surface area contributed by atoms with E-state index in [-0.39, 0.29) is 16.3 Å². The van der Waals surface area contributed by atoms with Crippen LogP contribution in [0.5, 0.6) is 11.5 Å². The van der Waals surface area contributed by atoms with Gasteiger partial charge in [0.2, 0.25) is 0 Å². The van der Waals surface area contributed by atoms with Gasteiger partial charge in [-0.25, -0.2) is 4.79 Å². The zero-order valence-corrected chi connectivity index (χ0v) is 31.5. The number of anilines is 2. The largest absolute Gasteiger partial charge is 0.513 e. The second-order valence-corrected chi connectivity index (χ2v) is 17.7. The van der Waals surface area contributed by atoms with E-state index in [2.05, 4.69) is 46.2 Å². The summed E-state index contributed by atoms with van der Waals surface area (Å²) in [7, 11) is 5.34. The smallest absolute Gasteiger partial charge is 0.497 e. The SMILES string of the molecule is C=C[C@H]1CN2C(SC(CC)[Si](OC)(OC)OC)CC1C[C@H]2[C@H](OC(=O)Nc1ccnc2ccc(OC)cc12)C1=CCNc2ccc(OC)cc21. The summed E-state index contributed by atoms with van der Waals surface area (Å²) >= 11 is 1.86. The molecule has 7 atom stereocenters. The van der Waals surface area contributed by atoms with Crippen LogP contribution in [0.25, 0.3) is 16.5 Å². The van der Waals surface area contributed by atoms with Gasteiger partial charge in [-0.1, -0.05) is 19.1 Å². The highest BCUT2D eigenvalue weighted by molar-refractivity contribution is 8.02. The number of amides is 1. The van der Waals surface area contributed by atoms with E-state index in [1.165, 1.54) is 0 Å². The van der Waals surface area contributed by atoms with Crippen LogP contribution in [0.4, 0.5) is 16.2 Å². The molecule has 0 spiro atoms. The summed E-state index contributed by atoms with van der Waals surface area (Å²) in [5.74, 6) is 2.10. The fourth-order valence-corrected chi connectivity index (χ4v) is 12.9. The number of carbonyl (C=O) groups excluding carboxylic acids is 1. The third kappa shape index (κ3) is 6.99. The molecular weight excluding hydrogens is 673 g/mol. The van der Waals surface area contributed by atoms with Gasteiger partial charge >= 0.3 is 14.9 Å². The van der Waals surface area contributed by atoms with Gasteiger partial charge in [0.15, 0.2) is 0 Å². The maximum Gasteiger partial charge on any atom is 0.513 e. The molecule has 2 aromatic carbocycles. The topological polar surface area (TPSA) is 113 Å². The second-order valence-electron chi connectivity index (χ2n) is 12.7. The number of pyridine rings is 1. The van der Waals surface area contributed by atoms with E-state index in [1.807, 2.05) is 48.2 Å². The highest BCUT2D eigenvalue weighted by Crippen LogP contribution is 2.49. The van der Waals surface area contributed by atoms with Gasteiger partial charge in [0.1, 0.15) is 17.6 Å². The average molecular weight is 721 g/mol. The minimum Gasteiger partial charge on any atom is -0.497 e.